The smallest absolute Gasteiger partial charge is 0.255 e. The predicted octanol–water partition coefficient (Wildman–Crippen LogP) is 12.0. The first-order valence-corrected chi connectivity index (χ1v) is 19.0. The molecule has 0 spiro atoms. The van der Waals surface area contributed by atoms with Gasteiger partial charge in [0.05, 0.1) is 22.7 Å². The largest absolute Gasteiger partial charge is 0.457 e. The summed E-state index contributed by atoms with van der Waals surface area (Å²) in [5.41, 5.74) is 10.7. The molecule has 8 aromatic rings. The van der Waals surface area contributed by atoms with Crippen molar-refractivity contribution in [2.45, 2.75) is 78.6 Å². The van der Waals surface area contributed by atoms with Gasteiger partial charge in [0.15, 0.2) is 11.0 Å². The van der Waals surface area contributed by atoms with Gasteiger partial charge >= 0.3 is 0 Å². The van der Waals surface area contributed by atoms with E-state index >= 15 is 0 Å². The van der Waals surface area contributed by atoms with Crippen LogP contribution in [0.4, 0.5) is 0 Å². The summed E-state index contributed by atoms with van der Waals surface area (Å²) in [5.74, 6) is 2.27. The lowest BCUT2D eigenvalue weighted by molar-refractivity contribution is -0.567. The third-order valence-electron chi connectivity index (χ3n) is 10.6. The summed E-state index contributed by atoms with van der Waals surface area (Å²) in [7, 11) is 0. The second kappa shape index (κ2) is 13.0. The van der Waals surface area contributed by atoms with Crippen molar-refractivity contribution in [2.75, 3.05) is 0 Å². The minimum absolute atomic E-state index is 0.00450. The fourth-order valence-electron chi connectivity index (χ4n) is 7.36. The molecule has 0 unspecified atom stereocenters. The maximum atomic E-state index is 9.74. The van der Waals surface area contributed by atoms with Crippen LogP contribution in [0.2, 0.25) is 0 Å². The van der Waals surface area contributed by atoms with Gasteiger partial charge in [-0.1, -0.05) is 86.6 Å². The Labute approximate surface area is 323 Å². The van der Waals surface area contributed by atoms with Gasteiger partial charge in [0.2, 0.25) is 0 Å². The van der Waals surface area contributed by atoms with Crippen LogP contribution in [0.25, 0.3) is 50.0 Å². The van der Waals surface area contributed by atoms with Crippen LogP contribution in [0, 0.1) is 11.3 Å². The number of hydrogen-bond acceptors (Lipinski definition) is 3. The molecule has 0 saturated heterocycles. The molecule has 0 aliphatic carbocycles. The van der Waals surface area contributed by atoms with E-state index in [-0.39, 0.29) is 16.2 Å². The van der Waals surface area contributed by atoms with E-state index in [0.717, 1.165) is 55.8 Å². The van der Waals surface area contributed by atoms with Crippen LogP contribution in [0.15, 0.2) is 128 Å². The molecule has 0 fully saturated rings. The van der Waals surface area contributed by atoms with Crippen LogP contribution in [0.5, 0.6) is 11.5 Å². The molecule has 55 heavy (non-hydrogen) atoms. The Bertz CT molecular complexity index is 2780. The first kappa shape index (κ1) is 35.8. The Morgan fingerprint density at radius 3 is 2.02 bits per heavy atom. The standard InChI is InChI=1S/C49H48N5O/c1-47(2,3)33-21-22-51-46(27-33)54-42-20-17-32(30-50)23-41(42)40-19-18-39(29-45(40)54)55-38-14-12-13-36(28-38)52-31-53(44-16-11-10-15-43(44)52)37-25-34(48(4,5)6)24-35(26-37)49(7,8)9/h10-29,31H,1-9H3/q+1. The number of nitrogens with zero attached hydrogens (tertiary/aromatic N) is 5. The van der Waals surface area contributed by atoms with Crippen LogP contribution in [-0.2, 0) is 16.2 Å². The van der Waals surface area contributed by atoms with Crippen molar-refractivity contribution in [3.8, 4) is 34.8 Å². The molecule has 3 aromatic heterocycles. The van der Waals surface area contributed by atoms with Gasteiger partial charge in [-0.3, -0.25) is 4.57 Å². The van der Waals surface area contributed by atoms with E-state index in [1.54, 1.807) is 0 Å². The van der Waals surface area contributed by atoms with E-state index in [0.29, 0.717) is 11.3 Å². The molecule has 0 amide bonds. The summed E-state index contributed by atoms with van der Waals surface area (Å²) < 4.78 is 13.4. The van der Waals surface area contributed by atoms with Crippen molar-refractivity contribution in [3.63, 3.8) is 0 Å². The molecule has 8 rings (SSSR count). The number of aromatic nitrogens is 4. The van der Waals surface area contributed by atoms with Gasteiger partial charge in [-0.2, -0.15) is 14.4 Å². The average Bonchev–Trinajstić information content (AvgIpc) is 3.69. The van der Waals surface area contributed by atoms with E-state index in [1.807, 2.05) is 42.6 Å². The number of para-hydroxylation sites is 2. The van der Waals surface area contributed by atoms with E-state index in [1.165, 1.54) is 16.7 Å². The molecular weight excluding hydrogens is 675 g/mol. The molecule has 6 nitrogen and oxygen atoms in total. The number of benzene rings is 5. The van der Waals surface area contributed by atoms with Gasteiger partial charge in [0, 0.05) is 29.1 Å². The maximum Gasteiger partial charge on any atom is 0.255 e. The second-order valence-corrected chi connectivity index (χ2v) is 17.7. The number of hydrogen-bond donors (Lipinski definition) is 0. The fourth-order valence-corrected chi connectivity index (χ4v) is 7.36. The minimum Gasteiger partial charge on any atom is -0.457 e. The van der Waals surface area contributed by atoms with Crippen molar-refractivity contribution >= 4 is 32.8 Å². The van der Waals surface area contributed by atoms with Gasteiger partial charge in [-0.05, 0) is 112 Å². The summed E-state index contributed by atoms with van der Waals surface area (Å²) in [6.45, 7) is 20.3. The average molecular weight is 723 g/mol. The van der Waals surface area contributed by atoms with E-state index in [2.05, 4.69) is 167 Å². The number of nitriles is 1. The summed E-state index contributed by atoms with van der Waals surface area (Å²) >= 11 is 0. The number of fused-ring (bicyclic) bond motifs is 4. The van der Waals surface area contributed by atoms with Crippen molar-refractivity contribution in [1.82, 2.24) is 14.1 Å². The zero-order valence-corrected chi connectivity index (χ0v) is 33.3. The molecule has 0 aliphatic heterocycles. The van der Waals surface area contributed by atoms with Crippen LogP contribution >= 0.6 is 0 Å². The minimum atomic E-state index is -0.0418. The quantitative estimate of drug-likeness (QED) is 0.166. The Hall–Kier alpha value is -6.19. The predicted molar refractivity (Wildman–Crippen MR) is 224 cm³/mol. The topological polar surface area (TPSA) is 59.6 Å². The van der Waals surface area contributed by atoms with Gasteiger partial charge < -0.3 is 4.74 Å². The highest BCUT2D eigenvalue weighted by atomic mass is 16.5. The lowest BCUT2D eigenvalue weighted by Gasteiger charge is -2.25. The van der Waals surface area contributed by atoms with Crippen LogP contribution in [0.1, 0.15) is 84.6 Å². The molecule has 0 saturated carbocycles. The molecule has 0 radical (unpaired) electrons. The molecule has 0 aliphatic rings. The van der Waals surface area contributed by atoms with E-state index in [4.69, 9.17) is 9.72 Å². The molecule has 274 valence electrons. The third-order valence-corrected chi connectivity index (χ3v) is 10.6. The molecule has 6 heteroatoms. The molecule has 0 atom stereocenters. The van der Waals surface area contributed by atoms with Crippen molar-refractivity contribution in [2.24, 2.45) is 0 Å². The number of pyridine rings is 1. The maximum absolute atomic E-state index is 9.74. The number of rotatable bonds is 5. The number of ether oxygens (including phenoxy) is 1. The van der Waals surface area contributed by atoms with Gasteiger partial charge in [0.25, 0.3) is 6.33 Å². The van der Waals surface area contributed by atoms with Crippen molar-refractivity contribution < 1.29 is 9.30 Å². The lowest BCUT2D eigenvalue weighted by Crippen LogP contribution is -2.31. The molecule has 0 bridgehead atoms. The van der Waals surface area contributed by atoms with Crippen LogP contribution in [-0.4, -0.2) is 14.1 Å². The Kier molecular flexibility index (Phi) is 8.46. The highest BCUT2D eigenvalue weighted by Gasteiger charge is 2.25. The normalized spacial score (nSPS) is 12.4. The molecule has 5 aromatic carbocycles. The summed E-state index contributed by atoms with van der Waals surface area (Å²) in [5, 5.41) is 11.8. The van der Waals surface area contributed by atoms with Gasteiger partial charge in [-0.25, -0.2) is 4.98 Å². The lowest BCUT2D eigenvalue weighted by atomic mass is 9.80. The first-order chi connectivity index (χ1) is 26.1. The SMILES string of the molecule is CC(C)(C)c1cc(-[n+]2cn(-c3cccc(Oc4ccc5c6cc(C#N)ccc6n(-c6cc(C(C)(C)C)ccn6)c5c4)c3)c3ccccc32)cc(C(C)(C)C)c1. The third kappa shape index (κ3) is 6.65. The Balaban J connectivity index is 1.22. The van der Waals surface area contributed by atoms with Crippen molar-refractivity contribution in [3.05, 3.63) is 150 Å². The summed E-state index contributed by atoms with van der Waals surface area (Å²) in [4.78, 5) is 4.83. The zero-order valence-electron chi connectivity index (χ0n) is 33.3. The second-order valence-electron chi connectivity index (χ2n) is 17.7. The fraction of sp³-hybridized carbons (Fsp3) is 0.245. The Morgan fingerprint density at radius 1 is 0.600 bits per heavy atom. The highest BCUT2D eigenvalue weighted by Crippen LogP contribution is 2.37. The summed E-state index contributed by atoms with van der Waals surface area (Å²) in [6.07, 6.45) is 4.07. The summed E-state index contributed by atoms with van der Waals surface area (Å²) in [6, 6.07) is 42.4. The monoisotopic (exact) mass is 722 g/mol. The molecule has 3 heterocycles. The Morgan fingerprint density at radius 2 is 1.31 bits per heavy atom. The first-order valence-electron chi connectivity index (χ1n) is 19.0. The van der Waals surface area contributed by atoms with Gasteiger partial charge in [0.1, 0.15) is 28.7 Å². The highest BCUT2D eigenvalue weighted by molar-refractivity contribution is 6.10. The van der Waals surface area contributed by atoms with Gasteiger partial charge in [-0.15, -0.1) is 0 Å². The van der Waals surface area contributed by atoms with E-state index < -0.39 is 0 Å². The molecule has 0 N–H and O–H groups in total. The van der Waals surface area contributed by atoms with Crippen LogP contribution in [0.3, 0.4) is 0 Å². The molecular formula is C49H48N5O+. The van der Waals surface area contributed by atoms with Crippen LogP contribution < -0.4 is 9.30 Å². The zero-order chi connectivity index (χ0) is 38.9. The van der Waals surface area contributed by atoms with Crippen molar-refractivity contribution in [1.29, 1.82) is 5.26 Å². The van der Waals surface area contributed by atoms with E-state index in [9.17, 15) is 5.26 Å². The number of imidazole rings is 1.